The fourth-order valence-corrected chi connectivity index (χ4v) is 4.82. The minimum atomic E-state index is 1.03. The molecule has 0 aromatic rings. The minimum Gasteiger partial charge on any atom is -0.137 e. The van der Waals surface area contributed by atoms with Crippen LogP contribution in [-0.4, -0.2) is 12.3 Å². The van der Waals surface area contributed by atoms with E-state index in [1.165, 1.54) is 63.7 Å². The SMILES string of the molecule is PCC1CCC(CC2CCC(CP)CC2)CC1. The summed E-state index contributed by atoms with van der Waals surface area (Å²) in [5.74, 6) is 4.23. The lowest BCUT2D eigenvalue weighted by molar-refractivity contribution is 0.203. The van der Waals surface area contributed by atoms with Gasteiger partial charge in [0, 0.05) is 0 Å². The molecule has 0 spiro atoms. The molecular weight excluding hydrogens is 242 g/mol. The Kier molecular flexibility index (Phi) is 6.25. The van der Waals surface area contributed by atoms with Gasteiger partial charge >= 0.3 is 0 Å². The molecular formula is C15H30P2. The van der Waals surface area contributed by atoms with Crippen LogP contribution in [0.2, 0.25) is 0 Å². The van der Waals surface area contributed by atoms with Gasteiger partial charge in [-0.3, -0.25) is 0 Å². The van der Waals surface area contributed by atoms with Crippen LogP contribution in [0.25, 0.3) is 0 Å². The van der Waals surface area contributed by atoms with Crippen molar-refractivity contribution in [3.05, 3.63) is 0 Å². The van der Waals surface area contributed by atoms with Gasteiger partial charge in [-0.1, -0.05) is 25.7 Å². The summed E-state index contributed by atoms with van der Waals surface area (Å²) in [5, 5.41) is 0. The Labute approximate surface area is 112 Å². The van der Waals surface area contributed by atoms with Crippen LogP contribution < -0.4 is 0 Å². The topological polar surface area (TPSA) is 0 Å². The first-order valence-electron chi connectivity index (χ1n) is 7.72. The summed E-state index contributed by atoms with van der Waals surface area (Å²) in [5.41, 5.74) is 0. The molecule has 100 valence electrons. The van der Waals surface area contributed by atoms with Gasteiger partial charge in [-0.05, 0) is 68.1 Å². The second kappa shape index (κ2) is 7.45. The third kappa shape index (κ3) is 4.47. The average molecular weight is 272 g/mol. The number of hydrogen-bond donors (Lipinski definition) is 0. The second-order valence-electron chi connectivity index (χ2n) is 6.48. The highest BCUT2D eigenvalue weighted by Gasteiger charge is 2.25. The van der Waals surface area contributed by atoms with Crippen LogP contribution in [-0.2, 0) is 0 Å². The van der Waals surface area contributed by atoms with E-state index in [-0.39, 0.29) is 0 Å². The maximum Gasteiger partial charge on any atom is -0.0353 e. The summed E-state index contributed by atoms with van der Waals surface area (Å²) >= 11 is 0. The molecule has 0 amide bonds. The van der Waals surface area contributed by atoms with Gasteiger partial charge < -0.3 is 0 Å². The molecule has 0 N–H and O–H groups in total. The van der Waals surface area contributed by atoms with Crippen molar-refractivity contribution in [1.82, 2.24) is 0 Å². The van der Waals surface area contributed by atoms with Crippen LogP contribution >= 0.6 is 18.5 Å². The summed E-state index contributed by atoms with van der Waals surface area (Å²) in [6.07, 6.45) is 16.4. The fourth-order valence-electron chi connectivity index (χ4n) is 3.88. The highest BCUT2D eigenvalue weighted by Crippen LogP contribution is 2.38. The molecule has 2 aliphatic carbocycles. The lowest BCUT2D eigenvalue weighted by Gasteiger charge is -2.33. The van der Waals surface area contributed by atoms with E-state index >= 15 is 0 Å². The largest absolute Gasteiger partial charge is 0.137 e. The summed E-state index contributed by atoms with van der Waals surface area (Å²) in [6.45, 7) is 0. The van der Waals surface area contributed by atoms with Crippen LogP contribution in [0.4, 0.5) is 0 Å². The van der Waals surface area contributed by atoms with Crippen molar-refractivity contribution in [2.75, 3.05) is 12.3 Å². The van der Waals surface area contributed by atoms with Crippen molar-refractivity contribution in [2.45, 2.75) is 57.8 Å². The van der Waals surface area contributed by atoms with Crippen LogP contribution in [0.1, 0.15) is 57.8 Å². The van der Waals surface area contributed by atoms with Crippen molar-refractivity contribution in [3.8, 4) is 0 Å². The monoisotopic (exact) mass is 272 g/mol. The lowest BCUT2D eigenvalue weighted by Crippen LogP contribution is -2.21. The van der Waals surface area contributed by atoms with Gasteiger partial charge in [0.05, 0.1) is 0 Å². The van der Waals surface area contributed by atoms with Crippen molar-refractivity contribution in [3.63, 3.8) is 0 Å². The van der Waals surface area contributed by atoms with Crippen LogP contribution in [0.3, 0.4) is 0 Å². The maximum atomic E-state index is 2.94. The van der Waals surface area contributed by atoms with Gasteiger partial charge in [0.15, 0.2) is 0 Å². The standard InChI is InChI=1S/C15H30P2/c16-10-14-5-1-12(2-6-14)9-13-3-7-15(11-17)8-4-13/h12-15H,1-11,16-17H2. The molecule has 0 bridgehead atoms. The predicted octanol–water partition coefficient (Wildman–Crippen LogP) is 4.74. The zero-order valence-corrected chi connectivity index (χ0v) is 13.6. The molecule has 0 aliphatic heterocycles. The molecule has 17 heavy (non-hydrogen) atoms. The van der Waals surface area contributed by atoms with Gasteiger partial charge in [0.2, 0.25) is 0 Å². The van der Waals surface area contributed by atoms with Gasteiger partial charge in [-0.25, -0.2) is 0 Å². The van der Waals surface area contributed by atoms with E-state index < -0.39 is 0 Å². The van der Waals surface area contributed by atoms with E-state index in [4.69, 9.17) is 0 Å². The van der Waals surface area contributed by atoms with Crippen LogP contribution in [0.15, 0.2) is 0 Å². The first kappa shape index (κ1) is 14.3. The predicted molar refractivity (Wildman–Crippen MR) is 84.7 cm³/mol. The molecule has 2 fully saturated rings. The van der Waals surface area contributed by atoms with Gasteiger partial charge in [-0.15, -0.1) is 18.5 Å². The van der Waals surface area contributed by atoms with Crippen molar-refractivity contribution < 1.29 is 0 Å². The smallest absolute Gasteiger partial charge is 0.0353 e. The first-order chi connectivity index (χ1) is 8.31. The summed E-state index contributed by atoms with van der Waals surface area (Å²) in [7, 11) is 5.87. The number of rotatable bonds is 4. The normalized spacial score (nSPS) is 39.2. The summed E-state index contributed by atoms with van der Waals surface area (Å²) < 4.78 is 0. The summed E-state index contributed by atoms with van der Waals surface area (Å²) in [6, 6.07) is 0. The van der Waals surface area contributed by atoms with Crippen molar-refractivity contribution in [2.24, 2.45) is 23.7 Å². The van der Waals surface area contributed by atoms with E-state index in [9.17, 15) is 0 Å². The Morgan fingerprint density at radius 3 is 1.12 bits per heavy atom. The van der Waals surface area contributed by atoms with E-state index in [0.29, 0.717) is 0 Å². The van der Waals surface area contributed by atoms with Crippen molar-refractivity contribution in [1.29, 1.82) is 0 Å². The Hall–Kier alpha value is 0.860. The molecule has 0 saturated heterocycles. The van der Waals surface area contributed by atoms with E-state index in [1.54, 1.807) is 6.42 Å². The molecule has 2 unspecified atom stereocenters. The van der Waals surface area contributed by atoms with Crippen LogP contribution in [0.5, 0.6) is 0 Å². The van der Waals surface area contributed by atoms with Crippen molar-refractivity contribution >= 4 is 18.5 Å². The third-order valence-electron chi connectivity index (χ3n) is 5.27. The Morgan fingerprint density at radius 1 is 0.529 bits per heavy atom. The summed E-state index contributed by atoms with van der Waals surface area (Å²) in [4.78, 5) is 0. The quantitative estimate of drug-likeness (QED) is 0.648. The van der Waals surface area contributed by atoms with Gasteiger partial charge in [-0.2, -0.15) is 0 Å². The molecule has 0 heterocycles. The lowest BCUT2D eigenvalue weighted by atomic mass is 9.74. The highest BCUT2D eigenvalue weighted by molar-refractivity contribution is 7.16. The van der Waals surface area contributed by atoms with E-state index in [1.807, 2.05) is 0 Å². The third-order valence-corrected chi connectivity index (χ3v) is 6.60. The van der Waals surface area contributed by atoms with Gasteiger partial charge in [0.1, 0.15) is 0 Å². The molecule has 0 aromatic carbocycles. The molecule has 2 aliphatic rings. The Bertz CT molecular complexity index is 179. The maximum absolute atomic E-state index is 2.94. The minimum absolute atomic E-state index is 1.03. The zero-order valence-electron chi connectivity index (χ0n) is 11.2. The first-order valence-corrected chi connectivity index (χ1v) is 9.35. The Morgan fingerprint density at radius 2 is 0.824 bits per heavy atom. The molecule has 0 radical (unpaired) electrons. The molecule has 2 heteroatoms. The molecule has 2 saturated carbocycles. The zero-order chi connectivity index (χ0) is 12.1. The average Bonchev–Trinajstić information content (AvgIpc) is 2.40. The number of hydrogen-bond acceptors (Lipinski definition) is 0. The fraction of sp³-hybridized carbons (Fsp3) is 1.00. The molecule has 2 atom stereocenters. The van der Waals surface area contributed by atoms with E-state index in [2.05, 4.69) is 18.5 Å². The molecule has 0 aromatic heterocycles. The van der Waals surface area contributed by atoms with E-state index in [0.717, 1.165) is 23.7 Å². The van der Waals surface area contributed by atoms with Crippen LogP contribution in [0, 0.1) is 23.7 Å². The highest BCUT2D eigenvalue weighted by atomic mass is 31.0. The Balaban J connectivity index is 1.65. The second-order valence-corrected chi connectivity index (χ2v) is 7.42. The van der Waals surface area contributed by atoms with Gasteiger partial charge in [0.25, 0.3) is 0 Å². The molecule has 0 nitrogen and oxygen atoms in total. The molecule has 2 rings (SSSR count).